The van der Waals surface area contributed by atoms with Gasteiger partial charge in [-0.2, -0.15) is 0 Å². The van der Waals surface area contributed by atoms with Crippen molar-refractivity contribution in [1.29, 1.82) is 0 Å². The van der Waals surface area contributed by atoms with Crippen LogP contribution in [0, 0.1) is 17.4 Å². The third kappa shape index (κ3) is 3.39. The Balaban J connectivity index is 2.11. The molecular weight excluding hydrogens is 357 g/mol. The molecule has 2 aromatic rings. The Labute approximate surface area is 127 Å². The fourth-order valence-corrected chi connectivity index (χ4v) is 2.79. The highest BCUT2D eigenvalue weighted by atomic mass is 127. The van der Waals surface area contributed by atoms with Crippen molar-refractivity contribution in [2.45, 2.75) is 20.4 Å². The zero-order valence-electron chi connectivity index (χ0n) is 10.4. The molecule has 0 saturated carbocycles. The van der Waals surface area contributed by atoms with Crippen molar-refractivity contribution in [3.8, 4) is 0 Å². The van der Waals surface area contributed by atoms with Crippen LogP contribution >= 0.6 is 34.2 Å². The van der Waals surface area contributed by atoms with Crippen LogP contribution in [0.4, 0.5) is 5.69 Å². The van der Waals surface area contributed by atoms with E-state index in [1.807, 2.05) is 12.1 Å². The van der Waals surface area contributed by atoms with E-state index in [-0.39, 0.29) is 0 Å². The second-order valence-corrected chi connectivity index (χ2v) is 6.06. The maximum Gasteiger partial charge on any atom is 0.0648 e. The van der Waals surface area contributed by atoms with Crippen LogP contribution in [0.3, 0.4) is 0 Å². The van der Waals surface area contributed by atoms with E-state index < -0.39 is 0 Å². The van der Waals surface area contributed by atoms with Crippen molar-refractivity contribution in [3.05, 3.63) is 61.7 Å². The summed E-state index contributed by atoms with van der Waals surface area (Å²) in [5.74, 6) is 0. The van der Waals surface area contributed by atoms with E-state index in [2.05, 4.69) is 66.0 Å². The van der Waals surface area contributed by atoms with Gasteiger partial charge >= 0.3 is 0 Å². The first-order valence-electron chi connectivity index (χ1n) is 5.81. The van der Waals surface area contributed by atoms with Gasteiger partial charge in [0.1, 0.15) is 0 Å². The number of benzene rings is 2. The lowest BCUT2D eigenvalue weighted by molar-refractivity contribution is 1.11. The van der Waals surface area contributed by atoms with Crippen LogP contribution in [-0.2, 0) is 6.54 Å². The van der Waals surface area contributed by atoms with E-state index in [9.17, 15) is 0 Å². The summed E-state index contributed by atoms with van der Waals surface area (Å²) in [5, 5.41) is 4.15. The van der Waals surface area contributed by atoms with Gasteiger partial charge in [-0.3, -0.25) is 0 Å². The molecule has 0 aliphatic heterocycles. The number of halogens is 2. The monoisotopic (exact) mass is 371 g/mol. The summed E-state index contributed by atoms with van der Waals surface area (Å²) < 4.78 is 1.15. The van der Waals surface area contributed by atoms with Crippen molar-refractivity contribution >= 4 is 39.9 Å². The molecule has 0 unspecified atom stereocenters. The Kier molecular flexibility index (Phi) is 4.51. The van der Waals surface area contributed by atoms with Gasteiger partial charge in [0.25, 0.3) is 0 Å². The number of nitrogens with one attached hydrogen (secondary N) is 1. The number of hydrogen-bond acceptors (Lipinski definition) is 1. The molecule has 0 aliphatic carbocycles. The number of aryl methyl sites for hydroxylation is 2. The average molecular weight is 372 g/mol. The molecule has 1 N–H and O–H groups in total. The Bertz CT molecular complexity index is 515. The molecule has 0 saturated heterocycles. The van der Waals surface area contributed by atoms with E-state index in [1.165, 1.54) is 16.7 Å². The minimum absolute atomic E-state index is 0.770. The lowest BCUT2D eigenvalue weighted by Gasteiger charge is -2.11. The van der Waals surface area contributed by atoms with Crippen LogP contribution < -0.4 is 5.32 Å². The number of rotatable bonds is 3. The quantitative estimate of drug-likeness (QED) is 0.734. The molecule has 0 radical (unpaired) electrons. The molecule has 0 aliphatic rings. The van der Waals surface area contributed by atoms with E-state index in [4.69, 9.17) is 11.6 Å². The van der Waals surface area contributed by atoms with Gasteiger partial charge in [-0.05, 0) is 65.8 Å². The van der Waals surface area contributed by atoms with Gasteiger partial charge in [0, 0.05) is 10.1 Å². The SMILES string of the molecule is Cc1ccc(CNc2ccc(I)cc2Cl)c(C)c1. The Morgan fingerprint density at radius 3 is 2.56 bits per heavy atom. The Morgan fingerprint density at radius 1 is 1.11 bits per heavy atom. The predicted molar refractivity (Wildman–Crippen MR) is 87.4 cm³/mol. The van der Waals surface area contributed by atoms with Gasteiger partial charge in [0.05, 0.1) is 10.7 Å². The molecule has 0 amide bonds. The van der Waals surface area contributed by atoms with Crippen LogP contribution in [-0.4, -0.2) is 0 Å². The van der Waals surface area contributed by atoms with Crippen molar-refractivity contribution in [3.63, 3.8) is 0 Å². The third-order valence-corrected chi connectivity index (χ3v) is 3.88. The number of anilines is 1. The zero-order chi connectivity index (χ0) is 13.1. The predicted octanol–water partition coefficient (Wildman–Crippen LogP) is 5.17. The van der Waals surface area contributed by atoms with Crippen LogP contribution in [0.15, 0.2) is 36.4 Å². The first kappa shape index (κ1) is 13.7. The van der Waals surface area contributed by atoms with Crippen LogP contribution in [0.1, 0.15) is 16.7 Å². The highest BCUT2D eigenvalue weighted by Gasteiger charge is 2.02. The molecule has 1 nitrogen and oxygen atoms in total. The van der Waals surface area contributed by atoms with E-state index >= 15 is 0 Å². The molecule has 94 valence electrons. The minimum Gasteiger partial charge on any atom is -0.380 e. The summed E-state index contributed by atoms with van der Waals surface area (Å²) in [7, 11) is 0. The van der Waals surface area contributed by atoms with Crippen LogP contribution in [0.5, 0.6) is 0 Å². The summed E-state index contributed by atoms with van der Waals surface area (Å²) in [6.07, 6.45) is 0. The fraction of sp³-hybridized carbons (Fsp3) is 0.200. The smallest absolute Gasteiger partial charge is 0.0648 e. The summed E-state index contributed by atoms with van der Waals surface area (Å²) in [6, 6.07) is 12.5. The molecule has 0 atom stereocenters. The summed E-state index contributed by atoms with van der Waals surface area (Å²) >= 11 is 8.45. The van der Waals surface area contributed by atoms with Crippen LogP contribution in [0.25, 0.3) is 0 Å². The molecule has 0 bridgehead atoms. The second-order valence-electron chi connectivity index (χ2n) is 4.41. The first-order chi connectivity index (χ1) is 8.56. The van der Waals surface area contributed by atoms with Crippen molar-refractivity contribution in [2.75, 3.05) is 5.32 Å². The lowest BCUT2D eigenvalue weighted by atomic mass is 10.1. The van der Waals surface area contributed by atoms with Gasteiger partial charge in [-0.1, -0.05) is 35.4 Å². The van der Waals surface area contributed by atoms with Crippen molar-refractivity contribution < 1.29 is 0 Å². The highest BCUT2D eigenvalue weighted by molar-refractivity contribution is 14.1. The number of hydrogen-bond donors (Lipinski definition) is 1. The largest absolute Gasteiger partial charge is 0.380 e. The molecular formula is C15H15ClIN. The molecule has 0 aromatic heterocycles. The molecule has 18 heavy (non-hydrogen) atoms. The first-order valence-corrected chi connectivity index (χ1v) is 7.27. The van der Waals surface area contributed by atoms with E-state index in [1.54, 1.807) is 0 Å². The zero-order valence-corrected chi connectivity index (χ0v) is 13.3. The lowest BCUT2D eigenvalue weighted by Crippen LogP contribution is -2.02. The molecule has 0 heterocycles. The molecule has 0 spiro atoms. The summed E-state index contributed by atoms with van der Waals surface area (Å²) in [6.45, 7) is 5.05. The topological polar surface area (TPSA) is 12.0 Å². The van der Waals surface area contributed by atoms with Gasteiger partial charge < -0.3 is 5.32 Å². The van der Waals surface area contributed by atoms with Gasteiger partial charge in [0.2, 0.25) is 0 Å². The van der Waals surface area contributed by atoms with Gasteiger partial charge in [-0.15, -0.1) is 0 Å². The summed E-state index contributed by atoms with van der Waals surface area (Å²) in [4.78, 5) is 0. The standard InChI is InChI=1S/C15H15ClIN/c1-10-3-4-12(11(2)7-10)9-18-15-6-5-13(17)8-14(15)16/h3-8,18H,9H2,1-2H3. The van der Waals surface area contributed by atoms with E-state index in [0.717, 1.165) is 20.8 Å². The van der Waals surface area contributed by atoms with Crippen LogP contribution in [0.2, 0.25) is 5.02 Å². The van der Waals surface area contributed by atoms with Gasteiger partial charge in [-0.25, -0.2) is 0 Å². The maximum atomic E-state index is 6.19. The van der Waals surface area contributed by atoms with Gasteiger partial charge in [0.15, 0.2) is 0 Å². The fourth-order valence-electron chi connectivity index (χ4n) is 1.87. The molecule has 2 aromatic carbocycles. The molecule has 2 rings (SSSR count). The average Bonchev–Trinajstić information content (AvgIpc) is 2.30. The second kappa shape index (κ2) is 5.93. The summed E-state index contributed by atoms with van der Waals surface area (Å²) in [5.41, 5.74) is 4.89. The van der Waals surface area contributed by atoms with Crippen molar-refractivity contribution in [2.24, 2.45) is 0 Å². The highest BCUT2D eigenvalue weighted by Crippen LogP contribution is 2.24. The minimum atomic E-state index is 0.770. The molecule has 0 fully saturated rings. The maximum absolute atomic E-state index is 6.19. The third-order valence-electron chi connectivity index (χ3n) is 2.90. The normalized spacial score (nSPS) is 10.4. The van der Waals surface area contributed by atoms with Crippen molar-refractivity contribution in [1.82, 2.24) is 0 Å². The Hall–Kier alpha value is -0.740. The van der Waals surface area contributed by atoms with E-state index in [0.29, 0.717) is 0 Å². The Morgan fingerprint density at radius 2 is 1.89 bits per heavy atom. The molecule has 3 heteroatoms.